The quantitative estimate of drug-likeness (QED) is 0.00961. The maximum atomic E-state index is 14.6. The number of Topliss-reactive ketones (excluding diaryl/α,β-unsaturated/α-hetero) is 1. The van der Waals surface area contributed by atoms with Crippen LogP contribution in [0.1, 0.15) is 109 Å². The Balaban J connectivity index is 1.92. The first-order valence-electron chi connectivity index (χ1n) is 38.5. The fourth-order valence-electron chi connectivity index (χ4n) is 11.8. The number of hydrogen-bond donors (Lipinski definition) is 29. The molecule has 1 heterocycles. The zero-order valence-electron chi connectivity index (χ0n) is 67.2. The molecular weight excluding hydrogens is 1610 g/mol. The second-order valence-corrected chi connectivity index (χ2v) is 29.3. The SMILES string of the molecule is CC[C@H](C)[C@H](NC(=O)[C@H](CCCNC(=N)N)NC(=O)[C@H](CC(=O)O)NC(=O)[C@H](CC(C)C)NC(=O)[C@H](CCCNC(=N)N)NC(=O)CNC(=O)CN(C(=O)C1Cc2ccccc2CN1)C(=O)[C@@H](C)NC(=O)[C@H](CS)NC(=O)[C@H](CO)NC(=O)[C@@H](N)CO)C(=O)N[C@@H](CS)C(=O)N[C@@H](Cc1ccccc1)C(=O)N[C@@H](CCCNC(=N)N)C(=O)C(N)=O. The molecule has 0 aromatic heterocycles. The molecule has 0 saturated heterocycles. The van der Waals surface area contributed by atoms with E-state index in [4.69, 9.17) is 44.9 Å². The number of carboxylic acids is 1. The smallest absolute Gasteiger partial charge is 0.305 e. The summed E-state index contributed by atoms with van der Waals surface area (Å²) >= 11 is 8.42. The van der Waals surface area contributed by atoms with Crippen molar-refractivity contribution in [2.24, 2.45) is 40.5 Å². The van der Waals surface area contributed by atoms with E-state index >= 15 is 0 Å². The number of carboxylic acid groups (broad SMARTS) is 1. The highest BCUT2D eigenvalue weighted by Gasteiger charge is 2.40. The lowest BCUT2D eigenvalue weighted by Gasteiger charge is -2.31. The topological polar surface area (TPSA) is 748 Å². The molecule has 2 aromatic carbocycles. The second kappa shape index (κ2) is 52.9. The summed E-state index contributed by atoms with van der Waals surface area (Å²) in [5, 5.41) is 91.5. The zero-order valence-corrected chi connectivity index (χ0v) is 69.0. The minimum Gasteiger partial charge on any atom is -0.481 e. The van der Waals surface area contributed by atoms with Gasteiger partial charge in [0.1, 0.15) is 73.0 Å². The Morgan fingerprint density at radius 3 is 1.48 bits per heavy atom. The van der Waals surface area contributed by atoms with Gasteiger partial charge in [-0.2, -0.15) is 25.3 Å². The fraction of sp³-hybridized carbons (Fsp3) is 0.562. The molecular formula is C73H115N25O20S2. The van der Waals surface area contributed by atoms with E-state index in [9.17, 15) is 96.8 Å². The number of rotatable bonds is 53. The standard InChI is InChI=1S/C73H115N25O20S2/c1-6-37(4)56(68(116)96-52(35-120)67(115)92-47(26-39-15-8-7-9-16-39)63(111)89-43(57(105)58(75)106)19-12-22-82-71(76)77)97-61(109)45(21-14-24-84-73(80)81)90-64(112)48(28-55(103)104)93-62(110)46(25-36(2)3)91-60(108)44(20-13-23-83-72(78)79)88-53(101)30-86-54(102)31-98(70(118)49-27-40-17-10-11-18-41(40)29-85-49)69(117)38(5)87-66(114)51(34-119)95-65(113)50(33-100)94-59(107)42(74)32-99/h7-11,15-18,36-38,42-52,56,85,99-100,119-120H,6,12-14,19-35,74H2,1-5H3,(H2,75,106)(H,86,102)(H,87,114)(H,88,101)(H,89,111)(H,90,112)(H,91,108)(H,92,115)(H,93,110)(H,94,107)(H,95,113)(H,96,116)(H,97,109)(H,103,104)(H4,76,77,82)(H4,78,79,83)(H4,80,81,84)/t37-,38+,42-,43-,44-,45-,46-,47-,48-,49?,50-,51-,52-,56-/m0/s1. The predicted octanol–water partition coefficient (Wildman–Crippen LogP) is -9.65. The molecule has 0 bridgehead atoms. The molecule has 0 spiro atoms. The van der Waals surface area contributed by atoms with Gasteiger partial charge in [0.25, 0.3) is 11.8 Å². The number of primary amides is 1. The number of thiol groups is 2. The summed E-state index contributed by atoms with van der Waals surface area (Å²) in [5.41, 5.74) is 29.2. The molecule has 0 radical (unpaired) electrons. The third kappa shape index (κ3) is 36.2. The van der Waals surface area contributed by atoms with Gasteiger partial charge in [-0.05, 0) is 86.8 Å². The van der Waals surface area contributed by atoms with E-state index in [0.717, 1.165) is 18.1 Å². The molecule has 120 heavy (non-hydrogen) atoms. The molecule has 47 heteroatoms. The number of benzene rings is 2. The van der Waals surface area contributed by atoms with Crippen LogP contribution in [0.2, 0.25) is 0 Å². The van der Waals surface area contributed by atoms with Crippen LogP contribution in [-0.2, 0) is 101 Å². The number of aliphatic hydroxyl groups excluding tert-OH is 2. The number of aliphatic carboxylic acids is 1. The summed E-state index contributed by atoms with van der Waals surface area (Å²) in [5.74, 6) is -22.4. The Morgan fingerprint density at radius 2 is 0.950 bits per heavy atom. The van der Waals surface area contributed by atoms with Crippen molar-refractivity contribution < 1.29 is 96.8 Å². The second-order valence-electron chi connectivity index (χ2n) is 28.6. The molecule has 2 aromatic rings. The van der Waals surface area contributed by atoms with Crippen LogP contribution in [0.4, 0.5) is 0 Å². The Labute approximate surface area is 702 Å². The molecule has 664 valence electrons. The first kappa shape index (κ1) is 102. The van der Waals surface area contributed by atoms with Gasteiger partial charge in [0, 0.05) is 44.1 Å². The van der Waals surface area contributed by atoms with Crippen molar-refractivity contribution in [1.82, 2.24) is 90.0 Å². The largest absolute Gasteiger partial charge is 0.481 e. The van der Waals surface area contributed by atoms with Crippen molar-refractivity contribution in [3.05, 3.63) is 71.3 Å². The van der Waals surface area contributed by atoms with E-state index in [1.165, 1.54) is 0 Å². The molecule has 0 aliphatic carbocycles. The average Bonchev–Trinajstić information content (AvgIpc) is 0.810. The maximum absolute atomic E-state index is 14.6. The number of nitrogens with one attached hydrogen (secondary N) is 19. The number of amides is 15. The zero-order chi connectivity index (χ0) is 90.0. The molecule has 14 atom stereocenters. The van der Waals surface area contributed by atoms with E-state index in [0.29, 0.717) is 10.5 Å². The van der Waals surface area contributed by atoms with Gasteiger partial charge in [-0.15, -0.1) is 0 Å². The van der Waals surface area contributed by atoms with Gasteiger partial charge >= 0.3 is 5.97 Å². The predicted molar refractivity (Wildman–Crippen MR) is 440 cm³/mol. The molecule has 0 saturated carbocycles. The highest BCUT2D eigenvalue weighted by Crippen LogP contribution is 2.19. The monoisotopic (exact) mass is 1730 g/mol. The van der Waals surface area contributed by atoms with Crippen molar-refractivity contribution in [2.45, 2.75) is 190 Å². The molecule has 15 amide bonds. The molecule has 1 unspecified atom stereocenters. The summed E-state index contributed by atoms with van der Waals surface area (Å²) in [6, 6.07) is -5.02. The average molecular weight is 1730 g/mol. The molecule has 0 fully saturated rings. The van der Waals surface area contributed by atoms with Crippen molar-refractivity contribution in [1.29, 1.82) is 16.2 Å². The van der Waals surface area contributed by atoms with Crippen molar-refractivity contribution in [2.75, 3.05) is 57.4 Å². The number of nitrogens with zero attached hydrogens (tertiary/aromatic N) is 1. The lowest BCUT2D eigenvalue weighted by molar-refractivity contribution is -0.151. The van der Waals surface area contributed by atoms with E-state index < -0.39 is 247 Å². The van der Waals surface area contributed by atoms with Gasteiger partial charge in [-0.25, -0.2) is 0 Å². The summed E-state index contributed by atoms with van der Waals surface area (Å²) in [6.07, 6.45) is -1.94. The summed E-state index contributed by atoms with van der Waals surface area (Å²) < 4.78 is 0. The molecule has 32 N–H and O–H groups in total. The van der Waals surface area contributed by atoms with Crippen LogP contribution in [0.15, 0.2) is 54.6 Å². The van der Waals surface area contributed by atoms with Gasteiger partial charge in [-0.1, -0.05) is 88.7 Å². The Hall–Kier alpha value is -11.8. The lowest BCUT2D eigenvalue weighted by Crippen LogP contribution is -2.61. The number of hydrogen-bond acceptors (Lipinski definition) is 26. The summed E-state index contributed by atoms with van der Waals surface area (Å²) in [4.78, 5) is 234. The van der Waals surface area contributed by atoms with Crippen LogP contribution in [0.5, 0.6) is 0 Å². The van der Waals surface area contributed by atoms with Crippen LogP contribution in [0.3, 0.4) is 0 Å². The summed E-state index contributed by atoms with van der Waals surface area (Å²) in [6.45, 7) is 3.99. The van der Waals surface area contributed by atoms with Gasteiger partial charge in [0.15, 0.2) is 17.9 Å². The lowest BCUT2D eigenvalue weighted by atomic mass is 9.95. The Morgan fingerprint density at radius 1 is 0.508 bits per heavy atom. The minimum atomic E-state index is -2.03. The first-order valence-corrected chi connectivity index (χ1v) is 39.7. The number of fused-ring (bicyclic) bond motifs is 1. The van der Waals surface area contributed by atoms with E-state index in [1.54, 1.807) is 82.3 Å². The van der Waals surface area contributed by atoms with Gasteiger partial charge < -0.3 is 129 Å². The highest BCUT2D eigenvalue weighted by atomic mass is 32.1. The van der Waals surface area contributed by atoms with Crippen molar-refractivity contribution in [3.8, 4) is 0 Å². The number of guanidine groups is 3. The van der Waals surface area contributed by atoms with Crippen LogP contribution < -0.4 is 114 Å². The van der Waals surface area contributed by atoms with Crippen LogP contribution in [0.25, 0.3) is 0 Å². The van der Waals surface area contributed by atoms with Gasteiger partial charge in [0.05, 0.1) is 38.3 Å². The summed E-state index contributed by atoms with van der Waals surface area (Å²) in [7, 11) is 0. The van der Waals surface area contributed by atoms with E-state index in [1.807, 2.05) is 0 Å². The van der Waals surface area contributed by atoms with Crippen LogP contribution in [-0.4, -0.2) is 274 Å². The number of aliphatic hydroxyl groups is 2. The van der Waals surface area contributed by atoms with E-state index in [2.05, 4.69) is 110 Å². The number of carbonyl (C=O) groups excluding carboxylic acids is 16. The number of carbonyl (C=O) groups is 17. The Bertz CT molecular complexity index is 3940. The first-order chi connectivity index (χ1) is 56.7. The number of nitrogens with two attached hydrogens (primary N) is 5. The third-order valence-electron chi connectivity index (χ3n) is 18.5. The fourth-order valence-corrected chi connectivity index (χ4v) is 12.3. The highest BCUT2D eigenvalue weighted by molar-refractivity contribution is 7.80. The van der Waals surface area contributed by atoms with Crippen molar-refractivity contribution in [3.63, 3.8) is 0 Å². The normalized spacial score (nSPS) is 15.3. The number of imide groups is 1. The maximum Gasteiger partial charge on any atom is 0.305 e. The minimum absolute atomic E-state index is 0.00388. The number of ketones is 1. The molecule has 45 nitrogen and oxygen atoms in total. The van der Waals surface area contributed by atoms with Crippen LogP contribution in [0, 0.1) is 28.1 Å². The molecule has 1 aliphatic heterocycles. The van der Waals surface area contributed by atoms with Gasteiger partial charge in [-0.3, -0.25) is 103 Å². The van der Waals surface area contributed by atoms with Gasteiger partial charge in [0.2, 0.25) is 82.6 Å². The molecule has 3 rings (SSSR count). The van der Waals surface area contributed by atoms with E-state index in [-0.39, 0.29) is 96.3 Å². The molecule has 1 aliphatic rings. The van der Waals surface area contributed by atoms with Crippen LogP contribution >= 0.6 is 25.3 Å². The third-order valence-corrected chi connectivity index (χ3v) is 19.3. The Kier molecular flexibility index (Phi) is 45.1. The van der Waals surface area contributed by atoms with Crippen molar-refractivity contribution >= 4 is 143 Å².